The largest absolute Gasteiger partial charge is 0.460 e. The van der Waals surface area contributed by atoms with Crippen molar-refractivity contribution in [2.75, 3.05) is 26.0 Å². The zero-order chi connectivity index (χ0) is 18.3. The van der Waals surface area contributed by atoms with Crippen molar-refractivity contribution >= 4 is 21.0 Å². The van der Waals surface area contributed by atoms with Crippen molar-refractivity contribution < 1.29 is 22.0 Å². The number of rotatable bonds is 4. The summed E-state index contributed by atoms with van der Waals surface area (Å²) in [6.45, 7) is 2.69. The van der Waals surface area contributed by atoms with Gasteiger partial charge in [0.2, 0.25) is 21.8 Å². The number of aromatic nitrogens is 2. The lowest BCUT2D eigenvalue weighted by Crippen LogP contribution is -2.41. The van der Waals surface area contributed by atoms with Gasteiger partial charge in [-0.25, -0.2) is 8.42 Å². The molecule has 26 heavy (non-hydrogen) atoms. The van der Waals surface area contributed by atoms with Crippen molar-refractivity contribution in [3.63, 3.8) is 0 Å². The lowest BCUT2D eigenvalue weighted by Gasteiger charge is -2.29. The van der Waals surface area contributed by atoms with Gasteiger partial charge in [-0.3, -0.25) is 0 Å². The molecule has 1 fully saturated rings. The normalized spacial score (nSPS) is 20.5. The number of sulfonamides is 1. The van der Waals surface area contributed by atoms with Gasteiger partial charge in [0.1, 0.15) is 17.4 Å². The molecule has 8 nitrogen and oxygen atoms in total. The first-order chi connectivity index (χ1) is 12.4. The first kappa shape index (κ1) is 17.2. The van der Waals surface area contributed by atoms with Crippen LogP contribution in [0, 0.1) is 0 Å². The molecule has 4 rings (SSSR count). The highest BCUT2D eigenvalue weighted by Gasteiger charge is 2.31. The van der Waals surface area contributed by atoms with Crippen molar-refractivity contribution in [1.29, 1.82) is 0 Å². The van der Waals surface area contributed by atoms with Gasteiger partial charge in [-0.05, 0) is 19.1 Å². The second-order valence-corrected chi connectivity index (χ2v) is 8.35. The topological polar surface area (TPSA) is 98.7 Å². The number of hydrogen-bond donors (Lipinski definition) is 0. The van der Waals surface area contributed by atoms with Gasteiger partial charge < -0.3 is 13.6 Å². The van der Waals surface area contributed by atoms with Crippen LogP contribution in [0.15, 0.2) is 39.2 Å². The fourth-order valence-electron chi connectivity index (χ4n) is 2.97. The monoisotopic (exact) mass is 377 g/mol. The first-order valence-corrected chi connectivity index (χ1v) is 10.1. The molecule has 1 saturated heterocycles. The van der Waals surface area contributed by atoms with Crippen LogP contribution in [-0.4, -0.2) is 48.9 Å². The van der Waals surface area contributed by atoms with Gasteiger partial charge in [0, 0.05) is 18.5 Å². The van der Waals surface area contributed by atoms with Crippen LogP contribution in [0.3, 0.4) is 0 Å². The van der Waals surface area contributed by atoms with Gasteiger partial charge in [-0.2, -0.15) is 4.31 Å². The van der Waals surface area contributed by atoms with E-state index in [4.69, 9.17) is 13.6 Å². The average molecular weight is 377 g/mol. The van der Waals surface area contributed by atoms with Crippen LogP contribution in [0.4, 0.5) is 0 Å². The number of fused-ring (bicyclic) bond motifs is 1. The zero-order valence-electron chi connectivity index (χ0n) is 14.5. The Morgan fingerprint density at radius 2 is 2.04 bits per heavy atom. The van der Waals surface area contributed by atoms with E-state index in [9.17, 15) is 8.42 Å². The van der Waals surface area contributed by atoms with Gasteiger partial charge in [0.05, 0.1) is 18.8 Å². The third kappa shape index (κ3) is 3.25. The fourth-order valence-corrected chi connectivity index (χ4v) is 3.78. The Kier molecular flexibility index (Phi) is 4.29. The standard InChI is InChI=1S/C17H19N3O5S/c1-11(14-9-12-5-3-4-6-13(12)24-14)16-18-19-17(25-16)15-10-20(7-8-23-15)26(2,21)22/h3-6,9,11,15H,7-8,10H2,1-2H3/t11-,15-/m0/s1. The second kappa shape index (κ2) is 6.49. The summed E-state index contributed by atoms with van der Waals surface area (Å²) in [6, 6.07) is 9.70. The molecule has 0 radical (unpaired) electrons. The summed E-state index contributed by atoms with van der Waals surface area (Å²) in [7, 11) is -3.29. The van der Waals surface area contributed by atoms with E-state index in [1.54, 1.807) is 0 Å². The maximum Gasteiger partial charge on any atom is 0.246 e. The molecule has 0 N–H and O–H groups in total. The van der Waals surface area contributed by atoms with Crippen LogP contribution in [0.5, 0.6) is 0 Å². The average Bonchev–Trinajstić information content (AvgIpc) is 3.27. The molecule has 1 aromatic carbocycles. The van der Waals surface area contributed by atoms with Gasteiger partial charge >= 0.3 is 0 Å². The van der Waals surface area contributed by atoms with E-state index in [1.165, 1.54) is 10.6 Å². The van der Waals surface area contributed by atoms with Crippen LogP contribution in [0.1, 0.15) is 36.5 Å². The van der Waals surface area contributed by atoms with E-state index in [0.29, 0.717) is 12.4 Å². The number of morpholine rings is 1. The Morgan fingerprint density at radius 3 is 2.81 bits per heavy atom. The molecular formula is C17H19N3O5S. The Hall–Kier alpha value is -2.23. The van der Waals surface area contributed by atoms with Crippen LogP contribution < -0.4 is 0 Å². The number of para-hydroxylation sites is 1. The third-order valence-electron chi connectivity index (χ3n) is 4.47. The number of ether oxygens (including phenoxy) is 1. The second-order valence-electron chi connectivity index (χ2n) is 6.37. The van der Waals surface area contributed by atoms with Crippen molar-refractivity contribution in [3.05, 3.63) is 47.9 Å². The SMILES string of the molecule is C[C@@H](c1cc2ccccc2o1)c1nnc([C@@H]2CN(S(C)(=O)=O)CCO2)o1. The van der Waals surface area contributed by atoms with Crippen LogP contribution >= 0.6 is 0 Å². The summed E-state index contributed by atoms with van der Waals surface area (Å²) in [5.74, 6) is 1.18. The fraction of sp³-hybridized carbons (Fsp3) is 0.412. The molecule has 138 valence electrons. The smallest absolute Gasteiger partial charge is 0.246 e. The highest BCUT2D eigenvalue weighted by Crippen LogP contribution is 2.30. The minimum Gasteiger partial charge on any atom is -0.460 e. The summed E-state index contributed by atoms with van der Waals surface area (Å²) >= 11 is 0. The summed E-state index contributed by atoms with van der Waals surface area (Å²) in [5, 5.41) is 9.16. The molecule has 3 aromatic rings. The number of furan rings is 1. The Morgan fingerprint density at radius 1 is 1.23 bits per heavy atom. The van der Waals surface area contributed by atoms with Gasteiger partial charge in [-0.1, -0.05) is 18.2 Å². The molecule has 9 heteroatoms. The minimum absolute atomic E-state index is 0.166. The van der Waals surface area contributed by atoms with Crippen LogP contribution in [0.25, 0.3) is 11.0 Å². The zero-order valence-corrected chi connectivity index (χ0v) is 15.3. The van der Waals surface area contributed by atoms with Crippen molar-refractivity contribution in [3.8, 4) is 0 Å². The minimum atomic E-state index is -3.29. The lowest BCUT2D eigenvalue weighted by atomic mass is 10.1. The number of benzene rings is 1. The van der Waals surface area contributed by atoms with E-state index in [0.717, 1.165) is 16.7 Å². The maximum absolute atomic E-state index is 11.7. The van der Waals surface area contributed by atoms with Gasteiger partial charge in [-0.15, -0.1) is 10.2 Å². The molecule has 2 atom stereocenters. The molecule has 0 aliphatic carbocycles. The van der Waals surface area contributed by atoms with E-state index in [1.807, 2.05) is 37.3 Å². The Labute approximate surface area is 150 Å². The highest BCUT2D eigenvalue weighted by molar-refractivity contribution is 7.88. The maximum atomic E-state index is 11.7. The van der Waals surface area contributed by atoms with E-state index >= 15 is 0 Å². The molecule has 2 aromatic heterocycles. The van der Waals surface area contributed by atoms with E-state index in [-0.39, 0.29) is 25.0 Å². The Balaban J connectivity index is 1.55. The summed E-state index contributed by atoms with van der Waals surface area (Å²) in [5.41, 5.74) is 0.800. The molecule has 0 spiro atoms. The van der Waals surface area contributed by atoms with E-state index < -0.39 is 16.1 Å². The lowest BCUT2D eigenvalue weighted by molar-refractivity contribution is -0.0177. The molecule has 1 aliphatic rings. The molecule has 0 saturated carbocycles. The molecule has 0 unspecified atom stereocenters. The predicted molar refractivity (Wildman–Crippen MR) is 93.1 cm³/mol. The first-order valence-electron chi connectivity index (χ1n) is 8.30. The molecule has 0 bridgehead atoms. The quantitative estimate of drug-likeness (QED) is 0.688. The Bertz CT molecular complexity index is 993. The van der Waals surface area contributed by atoms with Crippen molar-refractivity contribution in [2.45, 2.75) is 18.9 Å². The van der Waals surface area contributed by atoms with Gasteiger partial charge in [0.15, 0.2) is 0 Å². The van der Waals surface area contributed by atoms with E-state index in [2.05, 4.69) is 10.2 Å². The van der Waals surface area contributed by atoms with Crippen LogP contribution in [0.2, 0.25) is 0 Å². The third-order valence-corrected chi connectivity index (χ3v) is 5.74. The number of nitrogens with zero attached hydrogens (tertiary/aromatic N) is 3. The highest BCUT2D eigenvalue weighted by atomic mass is 32.2. The molecule has 1 aliphatic heterocycles. The predicted octanol–water partition coefficient (Wildman–Crippen LogP) is 2.30. The number of hydrogen-bond acceptors (Lipinski definition) is 7. The van der Waals surface area contributed by atoms with Crippen molar-refractivity contribution in [1.82, 2.24) is 14.5 Å². The van der Waals surface area contributed by atoms with Crippen LogP contribution in [-0.2, 0) is 14.8 Å². The molecular weight excluding hydrogens is 358 g/mol. The summed E-state index contributed by atoms with van der Waals surface area (Å²) in [4.78, 5) is 0. The van der Waals surface area contributed by atoms with Crippen molar-refractivity contribution in [2.24, 2.45) is 0 Å². The molecule has 0 amide bonds. The molecule has 3 heterocycles. The summed E-state index contributed by atoms with van der Waals surface area (Å²) in [6.07, 6.45) is 0.612. The van der Waals surface area contributed by atoms with Gasteiger partial charge in [0.25, 0.3) is 0 Å². The summed E-state index contributed by atoms with van der Waals surface area (Å²) < 4.78 is 42.1.